The molecular formula is C18H21BrN2. The normalized spacial score (nSPS) is 18.9. The van der Waals surface area contributed by atoms with E-state index in [0.717, 1.165) is 19.6 Å². The molecule has 1 heterocycles. The molecule has 2 nitrogen and oxygen atoms in total. The summed E-state index contributed by atoms with van der Waals surface area (Å²) in [4.78, 5) is 2.52. The predicted molar refractivity (Wildman–Crippen MR) is 92.6 cm³/mol. The molecule has 0 spiro atoms. The molecule has 0 bridgehead atoms. The van der Waals surface area contributed by atoms with E-state index in [4.69, 9.17) is 0 Å². The summed E-state index contributed by atoms with van der Waals surface area (Å²) in [6, 6.07) is 17.6. The number of anilines is 1. The summed E-state index contributed by atoms with van der Waals surface area (Å²) in [7, 11) is 0. The molecule has 1 atom stereocenters. The molecule has 0 aliphatic carbocycles. The lowest BCUT2D eigenvalue weighted by Gasteiger charge is -2.18. The Kier molecular flexibility index (Phi) is 4.61. The molecule has 1 fully saturated rings. The topological polar surface area (TPSA) is 15.3 Å². The highest BCUT2D eigenvalue weighted by atomic mass is 79.9. The lowest BCUT2D eigenvalue weighted by atomic mass is 10.2. The Hall–Kier alpha value is -1.32. The summed E-state index contributed by atoms with van der Waals surface area (Å²) in [5, 5.41) is 3.68. The number of benzene rings is 2. The number of nitrogens with one attached hydrogen (secondary N) is 1. The molecule has 3 rings (SSSR count). The fraction of sp³-hybridized carbons (Fsp3) is 0.333. The van der Waals surface area contributed by atoms with E-state index in [2.05, 4.69) is 81.6 Å². The molecule has 0 radical (unpaired) electrons. The zero-order valence-corrected chi connectivity index (χ0v) is 13.9. The lowest BCUT2D eigenvalue weighted by Crippen LogP contribution is -2.26. The molecular weight excluding hydrogens is 324 g/mol. The first-order valence-electron chi connectivity index (χ1n) is 7.50. The van der Waals surface area contributed by atoms with E-state index in [1.165, 1.54) is 27.7 Å². The number of rotatable bonds is 4. The van der Waals surface area contributed by atoms with E-state index >= 15 is 0 Å². The standard InChI is InChI=1S/C18H21BrN2/c1-14-6-5-9-17(18(14)19)20-16-10-11-21(13-16)12-15-7-3-2-4-8-15/h2-9,16,20H,10-13H2,1H3. The molecule has 0 aromatic heterocycles. The summed E-state index contributed by atoms with van der Waals surface area (Å²) < 4.78 is 1.19. The van der Waals surface area contributed by atoms with Gasteiger partial charge in [-0.25, -0.2) is 0 Å². The smallest absolute Gasteiger partial charge is 0.0489 e. The first-order valence-corrected chi connectivity index (χ1v) is 8.29. The van der Waals surface area contributed by atoms with E-state index < -0.39 is 0 Å². The van der Waals surface area contributed by atoms with Crippen molar-refractivity contribution in [1.82, 2.24) is 4.90 Å². The van der Waals surface area contributed by atoms with Gasteiger partial charge in [0, 0.05) is 35.8 Å². The molecule has 110 valence electrons. The Morgan fingerprint density at radius 1 is 1.14 bits per heavy atom. The minimum Gasteiger partial charge on any atom is -0.380 e. The van der Waals surface area contributed by atoms with Crippen LogP contribution >= 0.6 is 15.9 Å². The van der Waals surface area contributed by atoms with E-state index in [9.17, 15) is 0 Å². The van der Waals surface area contributed by atoms with Gasteiger partial charge < -0.3 is 5.32 Å². The molecule has 0 saturated carbocycles. The Morgan fingerprint density at radius 3 is 2.76 bits per heavy atom. The van der Waals surface area contributed by atoms with Crippen molar-refractivity contribution in [3.8, 4) is 0 Å². The summed E-state index contributed by atoms with van der Waals surface area (Å²) >= 11 is 3.68. The highest BCUT2D eigenvalue weighted by Crippen LogP contribution is 2.27. The highest BCUT2D eigenvalue weighted by Gasteiger charge is 2.22. The van der Waals surface area contributed by atoms with E-state index in [0.29, 0.717) is 6.04 Å². The third-order valence-electron chi connectivity index (χ3n) is 4.07. The van der Waals surface area contributed by atoms with Crippen LogP contribution in [0, 0.1) is 6.92 Å². The van der Waals surface area contributed by atoms with Crippen LogP contribution < -0.4 is 5.32 Å². The molecule has 0 amide bonds. The van der Waals surface area contributed by atoms with Crippen LogP contribution in [0.5, 0.6) is 0 Å². The monoisotopic (exact) mass is 344 g/mol. The molecule has 1 aliphatic rings. The molecule has 1 aliphatic heterocycles. The maximum absolute atomic E-state index is 3.68. The second-order valence-electron chi connectivity index (χ2n) is 5.79. The first kappa shape index (κ1) is 14.6. The highest BCUT2D eigenvalue weighted by molar-refractivity contribution is 9.10. The molecule has 2 aromatic rings. The number of hydrogen-bond donors (Lipinski definition) is 1. The SMILES string of the molecule is Cc1cccc(NC2CCN(Cc3ccccc3)C2)c1Br. The van der Waals surface area contributed by atoms with Crippen LogP contribution in [0.15, 0.2) is 53.0 Å². The van der Waals surface area contributed by atoms with Gasteiger partial charge in [0.05, 0.1) is 0 Å². The van der Waals surface area contributed by atoms with Crippen molar-refractivity contribution < 1.29 is 0 Å². The van der Waals surface area contributed by atoms with Crippen LogP contribution in [0.3, 0.4) is 0 Å². The summed E-state index contributed by atoms with van der Waals surface area (Å²) in [5.74, 6) is 0. The van der Waals surface area contributed by atoms with Crippen molar-refractivity contribution in [3.05, 3.63) is 64.1 Å². The largest absolute Gasteiger partial charge is 0.380 e. The lowest BCUT2D eigenvalue weighted by molar-refractivity contribution is 0.328. The molecule has 1 saturated heterocycles. The van der Waals surface area contributed by atoms with E-state index in [-0.39, 0.29) is 0 Å². The van der Waals surface area contributed by atoms with Crippen LogP contribution in [-0.4, -0.2) is 24.0 Å². The average Bonchev–Trinajstić information content (AvgIpc) is 2.92. The first-order chi connectivity index (χ1) is 10.2. The van der Waals surface area contributed by atoms with Gasteiger partial charge in [0.15, 0.2) is 0 Å². The number of halogens is 1. The van der Waals surface area contributed by atoms with E-state index in [1.54, 1.807) is 0 Å². The fourth-order valence-electron chi connectivity index (χ4n) is 2.91. The Morgan fingerprint density at radius 2 is 1.95 bits per heavy atom. The van der Waals surface area contributed by atoms with Crippen molar-refractivity contribution in [2.45, 2.75) is 25.9 Å². The predicted octanol–water partition coefficient (Wildman–Crippen LogP) is 4.44. The average molecular weight is 345 g/mol. The Balaban J connectivity index is 1.59. The van der Waals surface area contributed by atoms with Crippen molar-refractivity contribution in [1.29, 1.82) is 0 Å². The minimum absolute atomic E-state index is 0.534. The minimum atomic E-state index is 0.534. The number of aryl methyl sites for hydroxylation is 1. The second-order valence-corrected chi connectivity index (χ2v) is 6.58. The van der Waals surface area contributed by atoms with Gasteiger partial charge >= 0.3 is 0 Å². The maximum atomic E-state index is 3.68. The van der Waals surface area contributed by atoms with Crippen molar-refractivity contribution in [2.24, 2.45) is 0 Å². The Bertz CT molecular complexity index is 597. The number of nitrogens with zero attached hydrogens (tertiary/aromatic N) is 1. The fourth-order valence-corrected chi connectivity index (χ4v) is 3.29. The molecule has 1 unspecified atom stereocenters. The van der Waals surface area contributed by atoms with Gasteiger partial charge in [0.2, 0.25) is 0 Å². The van der Waals surface area contributed by atoms with Crippen LogP contribution in [0.2, 0.25) is 0 Å². The van der Waals surface area contributed by atoms with Crippen LogP contribution in [0.25, 0.3) is 0 Å². The number of hydrogen-bond acceptors (Lipinski definition) is 2. The van der Waals surface area contributed by atoms with Crippen molar-refractivity contribution in [2.75, 3.05) is 18.4 Å². The van der Waals surface area contributed by atoms with Gasteiger partial charge in [-0.15, -0.1) is 0 Å². The van der Waals surface area contributed by atoms with Crippen LogP contribution in [0.1, 0.15) is 17.5 Å². The van der Waals surface area contributed by atoms with E-state index in [1.807, 2.05) is 0 Å². The van der Waals surface area contributed by atoms with Crippen molar-refractivity contribution >= 4 is 21.6 Å². The molecule has 3 heteroatoms. The van der Waals surface area contributed by atoms with Gasteiger partial charge in [0.1, 0.15) is 0 Å². The summed E-state index contributed by atoms with van der Waals surface area (Å²) in [5.41, 5.74) is 3.88. The third kappa shape index (κ3) is 3.66. The van der Waals surface area contributed by atoms with Gasteiger partial charge in [-0.2, -0.15) is 0 Å². The van der Waals surface area contributed by atoms with Gasteiger partial charge in [-0.1, -0.05) is 42.5 Å². The quantitative estimate of drug-likeness (QED) is 0.881. The second kappa shape index (κ2) is 6.63. The Labute approximate surface area is 135 Å². The van der Waals surface area contributed by atoms with Gasteiger partial charge in [-0.3, -0.25) is 4.90 Å². The van der Waals surface area contributed by atoms with Gasteiger partial charge in [0.25, 0.3) is 0 Å². The zero-order chi connectivity index (χ0) is 14.7. The maximum Gasteiger partial charge on any atom is 0.0489 e. The zero-order valence-electron chi connectivity index (χ0n) is 12.3. The van der Waals surface area contributed by atoms with Crippen LogP contribution in [-0.2, 0) is 6.54 Å². The molecule has 21 heavy (non-hydrogen) atoms. The molecule has 1 N–H and O–H groups in total. The summed E-state index contributed by atoms with van der Waals surface area (Å²) in [6.45, 7) is 5.45. The molecule has 2 aromatic carbocycles. The summed E-state index contributed by atoms with van der Waals surface area (Å²) in [6.07, 6.45) is 1.20. The van der Waals surface area contributed by atoms with Gasteiger partial charge in [-0.05, 0) is 46.5 Å². The van der Waals surface area contributed by atoms with Crippen molar-refractivity contribution in [3.63, 3.8) is 0 Å². The third-order valence-corrected chi connectivity index (χ3v) is 5.13. The number of likely N-dealkylation sites (tertiary alicyclic amines) is 1. The van der Waals surface area contributed by atoms with Crippen LogP contribution in [0.4, 0.5) is 5.69 Å².